The van der Waals surface area contributed by atoms with E-state index in [9.17, 15) is 22.4 Å². The Balaban J connectivity index is 0.00000264. The monoisotopic (exact) mass is 357 g/mol. The van der Waals surface area contributed by atoms with Crippen molar-refractivity contribution >= 4 is 18.4 Å². The third-order valence-electron chi connectivity index (χ3n) is 3.63. The average molecular weight is 358 g/mol. The number of halogens is 5. The minimum atomic E-state index is -4.55. The summed E-state index contributed by atoms with van der Waals surface area (Å²) in [5.41, 5.74) is 0. The standard InChI is InChI=1S/C14H15F4NO3.ClH/c15-11-3-1-2-4-12(11)22-6-5-19-7-9(13(20)21)10(8-19)14(16,17)18;/h1-4,9-10H,5-8H2,(H,20,21);1H/t9-,10-;/m1./s1. The number of hydrogen-bond acceptors (Lipinski definition) is 3. The van der Waals surface area contributed by atoms with Crippen molar-refractivity contribution in [3.63, 3.8) is 0 Å². The van der Waals surface area contributed by atoms with Gasteiger partial charge in [0.1, 0.15) is 6.61 Å². The van der Waals surface area contributed by atoms with E-state index < -0.39 is 29.8 Å². The van der Waals surface area contributed by atoms with E-state index in [1.807, 2.05) is 0 Å². The van der Waals surface area contributed by atoms with Gasteiger partial charge in [0.2, 0.25) is 0 Å². The number of rotatable bonds is 5. The Morgan fingerprint density at radius 1 is 1.30 bits per heavy atom. The van der Waals surface area contributed by atoms with Crippen LogP contribution in [0, 0.1) is 17.7 Å². The van der Waals surface area contributed by atoms with Gasteiger partial charge >= 0.3 is 12.1 Å². The summed E-state index contributed by atoms with van der Waals surface area (Å²) in [7, 11) is 0. The Morgan fingerprint density at radius 2 is 1.96 bits per heavy atom. The predicted octanol–water partition coefficient (Wildman–Crippen LogP) is 2.82. The molecule has 9 heteroatoms. The van der Waals surface area contributed by atoms with Crippen molar-refractivity contribution in [3.8, 4) is 5.75 Å². The highest BCUT2D eigenvalue weighted by Crippen LogP contribution is 2.37. The Bertz CT molecular complexity index is 541. The van der Waals surface area contributed by atoms with Gasteiger partial charge in [-0.05, 0) is 12.1 Å². The van der Waals surface area contributed by atoms with E-state index in [4.69, 9.17) is 9.84 Å². The summed E-state index contributed by atoms with van der Waals surface area (Å²) in [5.74, 6) is -5.36. The Hall–Kier alpha value is -1.54. The molecule has 1 aromatic rings. The van der Waals surface area contributed by atoms with Crippen LogP contribution in [0.5, 0.6) is 5.75 Å². The lowest BCUT2D eigenvalue weighted by molar-refractivity contribution is -0.188. The first-order chi connectivity index (χ1) is 10.3. The third-order valence-corrected chi connectivity index (χ3v) is 3.63. The van der Waals surface area contributed by atoms with Crippen molar-refractivity contribution in [2.75, 3.05) is 26.2 Å². The van der Waals surface area contributed by atoms with Gasteiger partial charge in [-0.15, -0.1) is 12.4 Å². The van der Waals surface area contributed by atoms with E-state index in [-0.39, 0.29) is 44.4 Å². The smallest absolute Gasteiger partial charge is 0.393 e. The molecule has 1 aliphatic heterocycles. The van der Waals surface area contributed by atoms with Crippen molar-refractivity contribution in [1.29, 1.82) is 0 Å². The molecule has 0 aromatic heterocycles. The summed E-state index contributed by atoms with van der Waals surface area (Å²) in [6, 6.07) is 5.70. The lowest BCUT2D eigenvalue weighted by atomic mass is 9.96. The van der Waals surface area contributed by atoms with Crippen LogP contribution in [0.3, 0.4) is 0 Å². The number of carbonyl (C=O) groups is 1. The molecular weight excluding hydrogens is 342 g/mol. The normalized spacial score (nSPS) is 21.7. The maximum absolute atomic E-state index is 13.3. The number of carboxylic acids is 1. The van der Waals surface area contributed by atoms with Gasteiger partial charge in [-0.3, -0.25) is 9.69 Å². The van der Waals surface area contributed by atoms with Gasteiger partial charge in [0.05, 0.1) is 11.8 Å². The molecule has 0 spiro atoms. The summed E-state index contributed by atoms with van der Waals surface area (Å²) < 4.78 is 56.9. The zero-order valence-corrected chi connectivity index (χ0v) is 12.7. The highest BCUT2D eigenvalue weighted by atomic mass is 35.5. The first kappa shape index (κ1) is 19.5. The van der Waals surface area contributed by atoms with Crippen LogP contribution in [0.2, 0.25) is 0 Å². The van der Waals surface area contributed by atoms with Gasteiger partial charge in [-0.2, -0.15) is 13.2 Å². The zero-order chi connectivity index (χ0) is 16.3. The summed E-state index contributed by atoms with van der Waals surface area (Å²) in [6.45, 7) is -0.496. The largest absolute Gasteiger partial charge is 0.489 e. The number of benzene rings is 1. The molecule has 0 bridgehead atoms. The Morgan fingerprint density at radius 3 is 2.48 bits per heavy atom. The summed E-state index contributed by atoms with van der Waals surface area (Å²) in [5, 5.41) is 8.90. The van der Waals surface area contributed by atoms with Gasteiger partial charge in [-0.25, -0.2) is 4.39 Å². The second-order valence-corrected chi connectivity index (χ2v) is 5.13. The summed E-state index contributed by atoms with van der Waals surface area (Å²) in [6.07, 6.45) is -4.55. The molecule has 1 aromatic carbocycles. The molecule has 1 aliphatic rings. The SMILES string of the molecule is Cl.O=C(O)[C@@H]1CN(CCOc2ccccc2F)C[C@H]1C(F)(F)F. The second kappa shape index (κ2) is 7.83. The molecule has 0 aliphatic carbocycles. The Kier molecular flexibility index (Phi) is 6.64. The number of alkyl halides is 3. The Labute approximate surface area is 136 Å². The average Bonchev–Trinajstić information content (AvgIpc) is 2.85. The number of ether oxygens (including phenoxy) is 1. The molecule has 1 fully saturated rings. The van der Waals surface area contributed by atoms with Crippen molar-refractivity contribution in [3.05, 3.63) is 30.1 Å². The molecular formula is C14H16ClF4NO3. The number of aliphatic carboxylic acids is 1. The molecule has 0 unspecified atom stereocenters. The maximum atomic E-state index is 13.3. The van der Waals surface area contributed by atoms with Crippen LogP contribution in [0.4, 0.5) is 17.6 Å². The molecule has 1 saturated heterocycles. The van der Waals surface area contributed by atoms with Crippen molar-refractivity contribution < 1.29 is 32.2 Å². The van der Waals surface area contributed by atoms with Gasteiger partial charge in [0.25, 0.3) is 0 Å². The lowest BCUT2D eigenvalue weighted by Gasteiger charge is -2.18. The lowest BCUT2D eigenvalue weighted by Crippen LogP contribution is -2.33. The molecule has 130 valence electrons. The number of hydrogen-bond donors (Lipinski definition) is 1. The quantitative estimate of drug-likeness (QED) is 0.823. The predicted molar refractivity (Wildman–Crippen MR) is 76.3 cm³/mol. The van der Waals surface area contributed by atoms with Crippen molar-refractivity contribution in [2.24, 2.45) is 11.8 Å². The molecule has 0 amide bonds. The van der Waals surface area contributed by atoms with Crippen molar-refractivity contribution in [2.45, 2.75) is 6.18 Å². The van der Waals surface area contributed by atoms with E-state index in [2.05, 4.69) is 0 Å². The van der Waals surface area contributed by atoms with Gasteiger partial charge in [-0.1, -0.05) is 12.1 Å². The highest BCUT2D eigenvalue weighted by Gasteiger charge is 2.52. The number of likely N-dealkylation sites (tertiary alicyclic amines) is 1. The number of carboxylic acid groups (broad SMARTS) is 1. The van der Waals surface area contributed by atoms with E-state index in [0.717, 1.165) is 0 Å². The maximum Gasteiger partial charge on any atom is 0.393 e. The summed E-state index contributed by atoms with van der Waals surface area (Å²) >= 11 is 0. The minimum absolute atomic E-state index is 0. The van der Waals surface area contributed by atoms with Crippen LogP contribution in [0.1, 0.15) is 0 Å². The van der Waals surface area contributed by atoms with E-state index in [0.29, 0.717) is 0 Å². The molecule has 1 heterocycles. The van der Waals surface area contributed by atoms with Crippen LogP contribution >= 0.6 is 12.4 Å². The molecule has 0 radical (unpaired) electrons. The van der Waals surface area contributed by atoms with Crippen LogP contribution in [-0.2, 0) is 4.79 Å². The highest BCUT2D eigenvalue weighted by molar-refractivity contribution is 5.85. The fourth-order valence-corrected chi connectivity index (χ4v) is 2.50. The molecule has 2 rings (SSSR count). The topological polar surface area (TPSA) is 49.8 Å². The van der Waals surface area contributed by atoms with Gasteiger partial charge in [0, 0.05) is 19.6 Å². The first-order valence-corrected chi connectivity index (χ1v) is 6.68. The fraction of sp³-hybridized carbons (Fsp3) is 0.500. The van der Waals surface area contributed by atoms with Crippen LogP contribution in [0.25, 0.3) is 0 Å². The molecule has 2 atom stereocenters. The van der Waals surface area contributed by atoms with Crippen LogP contribution in [0.15, 0.2) is 24.3 Å². The zero-order valence-electron chi connectivity index (χ0n) is 11.9. The second-order valence-electron chi connectivity index (χ2n) is 5.13. The molecule has 0 saturated carbocycles. The molecule has 4 nitrogen and oxygen atoms in total. The van der Waals surface area contributed by atoms with Gasteiger partial charge < -0.3 is 9.84 Å². The summed E-state index contributed by atoms with van der Waals surface area (Å²) in [4.78, 5) is 12.3. The van der Waals surface area contributed by atoms with Crippen molar-refractivity contribution in [1.82, 2.24) is 4.90 Å². The van der Waals surface area contributed by atoms with Crippen LogP contribution < -0.4 is 4.74 Å². The first-order valence-electron chi connectivity index (χ1n) is 6.68. The minimum Gasteiger partial charge on any atom is -0.489 e. The van der Waals surface area contributed by atoms with E-state index >= 15 is 0 Å². The number of para-hydroxylation sites is 1. The molecule has 23 heavy (non-hydrogen) atoms. The van der Waals surface area contributed by atoms with Gasteiger partial charge in [0.15, 0.2) is 11.6 Å². The van der Waals surface area contributed by atoms with Crippen LogP contribution in [-0.4, -0.2) is 48.4 Å². The third kappa shape index (κ3) is 4.97. The molecule has 1 N–H and O–H groups in total. The number of nitrogens with zero attached hydrogens (tertiary/aromatic N) is 1. The van der Waals surface area contributed by atoms with E-state index in [1.165, 1.54) is 23.1 Å². The fourth-order valence-electron chi connectivity index (χ4n) is 2.50. The van der Waals surface area contributed by atoms with E-state index in [1.54, 1.807) is 6.07 Å².